The number of aliphatic imine (C=N–C) groups is 1. The summed E-state index contributed by atoms with van der Waals surface area (Å²) in [4.78, 5) is 16.5. The molecule has 4 nitrogen and oxygen atoms in total. The normalized spacial score (nSPS) is 12.8. The standard InChI is InChI=1S/C65H42N4/c1-3-17-43(18-4-1)37-58-55-29-11-12-30-59(55)66-64(58)51-24-15-23-50(40-51)62-56(48-35-33-44-19-7-9-21-46(44)38-48)42-57(49-36-34-45-20-8-10-22-47(45)39-49)63(68-62)52-25-16-26-53(41-52)65-67-60-31-13-14-32-61(60)69(65)54-27-5-2-6-28-54/h1-42H/b58-37+. The van der Waals surface area contributed by atoms with Crippen molar-refractivity contribution in [2.24, 2.45) is 4.99 Å². The molecule has 3 heterocycles. The predicted octanol–water partition coefficient (Wildman–Crippen LogP) is 16.7. The van der Waals surface area contributed by atoms with Gasteiger partial charge in [0.25, 0.3) is 0 Å². The molecule has 0 fully saturated rings. The van der Waals surface area contributed by atoms with Crippen LogP contribution in [0.15, 0.2) is 254 Å². The number of pyridine rings is 1. The fourth-order valence-corrected chi connectivity index (χ4v) is 9.97. The third-order valence-electron chi connectivity index (χ3n) is 13.3. The SMILES string of the molecule is C(=C1\C(c2cccc(-c3nc(-c4cccc(-c5nc6ccccc6n5-c5ccccc5)c4)c(-c4ccc5ccccc5c4)cc3-c3ccc4ccccc4c3)c2)=Nc2ccccc21)/c1ccccc1. The molecule has 0 saturated carbocycles. The van der Waals surface area contributed by atoms with E-state index in [1.807, 2.05) is 0 Å². The lowest BCUT2D eigenvalue weighted by Crippen LogP contribution is -2.02. The third-order valence-corrected chi connectivity index (χ3v) is 13.3. The highest BCUT2D eigenvalue weighted by atomic mass is 15.1. The lowest BCUT2D eigenvalue weighted by molar-refractivity contribution is 1.10. The molecule has 1 aliphatic heterocycles. The van der Waals surface area contributed by atoms with Gasteiger partial charge >= 0.3 is 0 Å². The van der Waals surface area contributed by atoms with Crippen LogP contribution in [-0.2, 0) is 0 Å². The molecule has 2 aromatic heterocycles. The van der Waals surface area contributed by atoms with Crippen molar-refractivity contribution < 1.29 is 0 Å². The number of benzene rings is 10. The number of hydrogen-bond donors (Lipinski definition) is 0. The monoisotopic (exact) mass is 878 g/mol. The van der Waals surface area contributed by atoms with Crippen LogP contribution in [0.3, 0.4) is 0 Å². The van der Waals surface area contributed by atoms with E-state index in [-0.39, 0.29) is 0 Å². The van der Waals surface area contributed by atoms with Crippen molar-refractivity contribution in [3.05, 3.63) is 265 Å². The Morgan fingerprint density at radius 1 is 0.348 bits per heavy atom. The van der Waals surface area contributed by atoms with Gasteiger partial charge < -0.3 is 0 Å². The van der Waals surface area contributed by atoms with Gasteiger partial charge in [0.2, 0.25) is 0 Å². The average Bonchev–Trinajstić information content (AvgIpc) is 4.00. The maximum absolute atomic E-state index is 5.90. The van der Waals surface area contributed by atoms with Crippen LogP contribution >= 0.6 is 0 Å². The van der Waals surface area contributed by atoms with Crippen molar-refractivity contribution >= 4 is 55.6 Å². The van der Waals surface area contributed by atoms with Gasteiger partial charge in [-0.1, -0.05) is 188 Å². The van der Waals surface area contributed by atoms with Gasteiger partial charge in [0.15, 0.2) is 0 Å². The molecule has 0 spiro atoms. The third kappa shape index (κ3) is 7.32. The Morgan fingerprint density at radius 3 is 1.59 bits per heavy atom. The minimum absolute atomic E-state index is 0.870. The van der Waals surface area contributed by atoms with Crippen LogP contribution in [0.1, 0.15) is 16.7 Å². The Balaban J connectivity index is 1.05. The maximum Gasteiger partial charge on any atom is 0.145 e. The second-order valence-electron chi connectivity index (χ2n) is 17.6. The zero-order valence-corrected chi connectivity index (χ0v) is 37.5. The Morgan fingerprint density at radius 2 is 0.899 bits per heavy atom. The molecular formula is C65H42N4. The molecule has 0 aliphatic carbocycles. The zero-order valence-electron chi connectivity index (χ0n) is 37.5. The maximum atomic E-state index is 5.90. The lowest BCUT2D eigenvalue weighted by Gasteiger charge is -2.19. The molecule has 1 aliphatic rings. The van der Waals surface area contributed by atoms with Crippen LogP contribution in [0, 0.1) is 0 Å². The summed E-state index contributed by atoms with van der Waals surface area (Å²) in [7, 11) is 0. The number of para-hydroxylation sites is 4. The number of aromatic nitrogens is 3. The second-order valence-corrected chi connectivity index (χ2v) is 17.6. The highest BCUT2D eigenvalue weighted by Crippen LogP contribution is 2.44. The summed E-state index contributed by atoms with van der Waals surface area (Å²) in [6.45, 7) is 0. The smallest absolute Gasteiger partial charge is 0.145 e. The fourth-order valence-electron chi connectivity index (χ4n) is 9.97. The Labute approximate surface area is 400 Å². The summed E-state index contributed by atoms with van der Waals surface area (Å²) >= 11 is 0. The Kier molecular flexibility index (Phi) is 9.80. The number of rotatable bonds is 8. The average molecular weight is 879 g/mol. The number of hydrogen-bond acceptors (Lipinski definition) is 3. The molecule has 0 saturated heterocycles. The van der Waals surface area contributed by atoms with E-state index >= 15 is 0 Å². The first-order valence-electron chi connectivity index (χ1n) is 23.4. The highest BCUT2D eigenvalue weighted by molar-refractivity contribution is 6.39. The van der Waals surface area contributed by atoms with Crippen LogP contribution in [0.2, 0.25) is 0 Å². The number of imidazole rings is 1. The lowest BCUT2D eigenvalue weighted by atomic mass is 9.89. The summed E-state index contributed by atoms with van der Waals surface area (Å²) < 4.78 is 2.26. The fraction of sp³-hybridized carbons (Fsp3) is 0. The molecule has 0 unspecified atom stereocenters. The first kappa shape index (κ1) is 40.1. The van der Waals surface area contributed by atoms with E-state index in [1.165, 1.54) is 21.5 Å². The van der Waals surface area contributed by atoms with E-state index in [1.54, 1.807) is 0 Å². The van der Waals surface area contributed by atoms with Crippen molar-refractivity contribution in [1.29, 1.82) is 0 Å². The van der Waals surface area contributed by atoms with Gasteiger partial charge in [-0.25, -0.2) is 15.0 Å². The van der Waals surface area contributed by atoms with E-state index in [0.717, 1.165) is 107 Å². The summed E-state index contributed by atoms with van der Waals surface area (Å²) in [5.41, 5.74) is 18.4. The van der Waals surface area contributed by atoms with Crippen LogP contribution in [0.25, 0.3) is 106 Å². The molecule has 0 radical (unpaired) electrons. The van der Waals surface area contributed by atoms with Gasteiger partial charge in [0.1, 0.15) is 5.82 Å². The molecule has 13 rings (SSSR count). The van der Waals surface area contributed by atoms with E-state index in [9.17, 15) is 0 Å². The quantitative estimate of drug-likeness (QED) is 0.153. The van der Waals surface area contributed by atoms with Gasteiger partial charge in [0, 0.05) is 50.2 Å². The topological polar surface area (TPSA) is 43.1 Å². The molecule has 0 atom stereocenters. The molecule has 0 amide bonds. The predicted molar refractivity (Wildman–Crippen MR) is 288 cm³/mol. The van der Waals surface area contributed by atoms with Crippen molar-refractivity contribution in [3.8, 4) is 61.8 Å². The van der Waals surface area contributed by atoms with Crippen LogP contribution in [0.5, 0.6) is 0 Å². The van der Waals surface area contributed by atoms with Gasteiger partial charge in [0.05, 0.1) is 33.8 Å². The Hall–Kier alpha value is -9.25. The highest BCUT2D eigenvalue weighted by Gasteiger charge is 2.25. The molecule has 0 N–H and O–H groups in total. The first-order valence-corrected chi connectivity index (χ1v) is 23.4. The van der Waals surface area contributed by atoms with Crippen LogP contribution < -0.4 is 0 Å². The molecule has 4 heteroatoms. The molecule has 69 heavy (non-hydrogen) atoms. The zero-order chi connectivity index (χ0) is 45.7. The minimum atomic E-state index is 0.870. The molecule has 10 aromatic carbocycles. The molecule has 0 bridgehead atoms. The van der Waals surface area contributed by atoms with Crippen molar-refractivity contribution in [2.75, 3.05) is 0 Å². The Bertz CT molecular complexity index is 4010. The van der Waals surface area contributed by atoms with E-state index in [2.05, 4.69) is 259 Å². The molecule has 322 valence electrons. The van der Waals surface area contributed by atoms with Crippen molar-refractivity contribution in [2.45, 2.75) is 0 Å². The van der Waals surface area contributed by atoms with E-state index in [4.69, 9.17) is 15.0 Å². The number of allylic oxidation sites excluding steroid dienone is 1. The van der Waals surface area contributed by atoms with Gasteiger partial charge in [-0.3, -0.25) is 4.57 Å². The minimum Gasteiger partial charge on any atom is -0.292 e. The summed E-state index contributed by atoms with van der Waals surface area (Å²) in [5, 5.41) is 4.74. The van der Waals surface area contributed by atoms with E-state index in [0.29, 0.717) is 0 Å². The number of nitrogens with zero attached hydrogens (tertiary/aromatic N) is 4. The molecular weight excluding hydrogens is 837 g/mol. The summed E-state index contributed by atoms with van der Waals surface area (Å²) in [6.07, 6.45) is 2.26. The van der Waals surface area contributed by atoms with Crippen molar-refractivity contribution in [3.63, 3.8) is 0 Å². The largest absolute Gasteiger partial charge is 0.292 e. The van der Waals surface area contributed by atoms with Gasteiger partial charge in [-0.15, -0.1) is 0 Å². The van der Waals surface area contributed by atoms with Crippen LogP contribution in [-0.4, -0.2) is 20.2 Å². The number of fused-ring (bicyclic) bond motifs is 4. The first-order chi connectivity index (χ1) is 34.2. The van der Waals surface area contributed by atoms with Crippen molar-refractivity contribution in [1.82, 2.24) is 14.5 Å². The summed E-state index contributed by atoms with van der Waals surface area (Å²) in [6, 6.07) is 88.4. The van der Waals surface area contributed by atoms with Crippen LogP contribution in [0.4, 0.5) is 5.69 Å². The summed E-state index contributed by atoms with van der Waals surface area (Å²) in [5.74, 6) is 0.870. The van der Waals surface area contributed by atoms with Gasteiger partial charge in [-0.05, 0) is 105 Å². The molecule has 12 aromatic rings. The second kappa shape index (κ2) is 16.9. The van der Waals surface area contributed by atoms with E-state index < -0.39 is 0 Å². The van der Waals surface area contributed by atoms with Gasteiger partial charge in [-0.2, -0.15) is 0 Å².